The van der Waals surface area contributed by atoms with Crippen molar-refractivity contribution >= 4 is 11.7 Å². The molecular weight excluding hydrogens is 430 g/mol. The second-order valence-electron chi connectivity index (χ2n) is 9.56. The van der Waals surface area contributed by atoms with Gasteiger partial charge < -0.3 is 20.8 Å². The summed E-state index contributed by atoms with van der Waals surface area (Å²) in [4.78, 5) is 27.5. The number of nitrogens with zero attached hydrogens (tertiary/aromatic N) is 1. The van der Waals surface area contributed by atoms with E-state index in [-0.39, 0.29) is 24.2 Å². The summed E-state index contributed by atoms with van der Waals surface area (Å²) < 4.78 is 0. The summed E-state index contributed by atoms with van der Waals surface area (Å²) in [5.41, 5.74) is 3.02. The number of piperazine rings is 1. The number of aliphatic hydroxyl groups excluding tert-OH is 2. The van der Waals surface area contributed by atoms with Crippen molar-refractivity contribution in [2.75, 3.05) is 26.2 Å². The molecule has 4 unspecified atom stereocenters. The molecule has 1 heterocycles. The van der Waals surface area contributed by atoms with Crippen LogP contribution >= 0.6 is 0 Å². The largest absolute Gasteiger partial charge is 0.392 e. The fourth-order valence-electron chi connectivity index (χ4n) is 5.24. The number of hydrogen-bond donors (Lipinski definition) is 4. The Balaban J connectivity index is 1.46. The minimum atomic E-state index is -0.750. The second-order valence-corrected chi connectivity index (χ2v) is 9.56. The standard InChI is InChI=1S/C27H35N3O4/c1-18(31)24-16-28-11-12-30(24)17-22(32)14-21(13-19-7-3-2-4-8-19)27(34)29-26-23-10-6-5-9-20(23)15-25(26)33/h2-10,21-22,24-26,28,32-33H,11-17H2,1H3,(H,29,34)/t21-,22?,24?,25?,26?/m1/s1. The van der Waals surface area contributed by atoms with Crippen LogP contribution in [0.1, 0.15) is 36.1 Å². The molecule has 0 saturated carbocycles. The van der Waals surface area contributed by atoms with E-state index in [4.69, 9.17) is 0 Å². The van der Waals surface area contributed by atoms with Crippen LogP contribution in [0.4, 0.5) is 0 Å². The Morgan fingerprint density at radius 1 is 1.15 bits per heavy atom. The highest BCUT2D eigenvalue weighted by Gasteiger charge is 2.35. The van der Waals surface area contributed by atoms with Gasteiger partial charge in [0.15, 0.2) is 0 Å². The molecule has 1 aliphatic heterocycles. The Morgan fingerprint density at radius 3 is 2.65 bits per heavy atom. The maximum absolute atomic E-state index is 13.4. The van der Waals surface area contributed by atoms with Crippen molar-refractivity contribution in [2.45, 2.75) is 50.5 Å². The summed E-state index contributed by atoms with van der Waals surface area (Å²) in [6.45, 7) is 3.95. The van der Waals surface area contributed by atoms with Gasteiger partial charge in [-0.2, -0.15) is 0 Å². The highest BCUT2D eigenvalue weighted by Crippen LogP contribution is 2.32. The average molecular weight is 466 g/mol. The van der Waals surface area contributed by atoms with Gasteiger partial charge in [-0.25, -0.2) is 0 Å². The third kappa shape index (κ3) is 5.91. The topological polar surface area (TPSA) is 102 Å². The number of carbonyl (C=O) groups is 2. The van der Waals surface area contributed by atoms with Gasteiger partial charge in [-0.1, -0.05) is 54.6 Å². The molecule has 7 heteroatoms. The van der Waals surface area contributed by atoms with Gasteiger partial charge in [0.25, 0.3) is 0 Å². The van der Waals surface area contributed by atoms with Crippen molar-refractivity contribution in [3.8, 4) is 0 Å². The number of aliphatic hydroxyl groups is 2. The van der Waals surface area contributed by atoms with Crippen LogP contribution in [0.3, 0.4) is 0 Å². The number of amides is 1. The van der Waals surface area contributed by atoms with Crippen LogP contribution < -0.4 is 10.6 Å². The van der Waals surface area contributed by atoms with Gasteiger partial charge in [0, 0.05) is 38.5 Å². The minimum absolute atomic E-state index is 0.0758. The third-order valence-corrected chi connectivity index (χ3v) is 7.02. The van der Waals surface area contributed by atoms with E-state index in [1.165, 1.54) is 0 Å². The molecule has 182 valence electrons. The SMILES string of the molecule is CC(=O)C1CNCCN1CC(O)C[C@@H](Cc1ccccc1)C(=O)NC1c2ccccc2CC1O. The number of β-amino-alcohol motifs (C(OH)–C–C–N with tert-alkyl or cyclic N) is 1. The van der Waals surface area contributed by atoms with Gasteiger partial charge >= 0.3 is 0 Å². The van der Waals surface area contributed by atoms with Crippen molar-refractivity contribution in [1.82, 2.24) is 15.5 Å². The van der Waals surface area contributed by atoms with E-state index >= 15 is 0 Å². The zero-order valence-corrected chi connectivity index (χ0v) is 19.7. The molecule has 0 bridgehead atoms. The van der Waals surface area contributed by atoms with Gasteiger partial charge in [0.2, 0.25) is 5.91 Å². The number of ketones is 1. The molecule has 7 nitrogen and oxygen atoms in total. The zero-order valence-electron chi connectivity index (χ0n) is 19.7. The zero-order chi connectivity index (χ0) is 24.1. The highest BCUT2D eigenvalue weighted by molar-refractivity contribution is 5.82. The molecule has 1 amide bonds. The molecule has 2 aromatic rings. The van der Waals surface area contributed by atoms with Gasteiger partial charge in [-0.05, 0) is 36.5 Å². The first-order valence-corrected chi connectivity index (χ1v) is 12.2. The number of rotatable bonds is 9. The molecule has 1 saturated heterocycles. The van der Waals surface area contributed by atoms with Crippen LogP contribution in [0.25, 0.3) is 0 Å². The summed E-state index contributed by atoms with van der Waals surface area (Å²) in [6, 6.07) is 16.9. The Morgan fingerprint density at radius 2 is 1.88 bits per heavy atom. The third-order valence-electron chi connectivity index (χ3n) is 7.02. The number of Topliss-reactive ketones (excluding diaryl/α,β-unsaturated/α-hetero) is 1. The van der Waals surface area contributed by atoms with E-state index < -0.39 is 24.2 Å². The van der Waals surface area contributed by atoms with E-state index in [2.05, 4.69) is 10.6 Å². The first-order valence-electron chi connectivity index (χ1n) is 12.2. The quantitative estimate of drug-likeness (QED) is 0.445. The molecule has 34 heavy (non-hydrogen) atoms. The van der Waals surface area contributed by atoms with E-state index in [0.717, 1.165) is 23.2 Å². The van der Waals surface area contributed by atoms with E-state index in [9.17, 15) is 19.8 Å². The molecule has 2 aromatic carbocycles. The molecule has 1 fully saturated rings. The van der Waals surface area contributed by atoms with Gasteiger partial charge in [0.05, 0.1) is 24.3 Å². The van der Waals surface area contributed by atoms with Crippen LogP contribution in [-0.4, -0.2) is 71.2 Å². The van der Waals surface area contributed by atoms with Crippen LogP contribution in [0.2, 0.25) is 0 Å². The van der Waals surface area contributed by atoms with Crippen LogP contribution in [0, 0.1) is 5.92 Å². The Bertz CT molecular complexity index is 983. The smallest absolute Gasteiger partial charge is 0.224 e. The molecule has 5 atom stereocenters. The summed E-state index contributed by atoms with van der Waals surface area (Å²) in [5.74, 6) is -0.560. The summed E-state index contributed by atoms with van der Waals surface area (Å²) >= 11 is 0. The minimum Gasteiger partial charge on any atom is -0.392 e. The van der Waals surface area contributed by atoms with Gasteiger partial charge in [-0.15, -0.1) is 0 Å². The van der Waals surface area contributed by atoms with Crippen LogP contribution in [0.15, 0.2) is 54.6 Å². The maximum atomic E-state index is 13.4. The first-order chi connectivity index (χ1) is 16.4. The second kappa shape index (κ2) is 11.2. The molecule has 4 rings (SSSR count). The van der Waals surface area contributed by atoms with Gasteiger partial charge in [0.1, 0.15) is 5.78 Å². The van der Waals surface area contributed by atoms with E-state index in [1.54, 1.807) is 6.92 Å². The average Bonchev–Trinajstić information content (AvgIpc) is 3.14. The predicted molar refractivity (Wildman–Crippen MR) is 130 cm³/mol. The Kier molecular flexibility index (Phi) is 8.11. The lowest BCUT2D eigenvalue weighted by Gasteiger charge is -2.36. The van der Waals surface area contributed by atoms with Gasteiger partial charge in [-0.3, -0.25) is 14.5 Å². The van der Waals surface area contributed by atoms with Crippen LogP contribution in [-0.2, 0) is 22.4 Å². The van der Waals surface area contributed by atoms with Crippen molar-refractivity contribution < 1.29 is 19.8 Å². The molecule has 2 aliphatic rings. The van der Waals surface area contributed by atoms with E-state index in [0.29, 0.717) is 32.5 Å². The summed E-state index contributed by atoms with van der Waals surface area (Å²) in [6.07, 6.45) is -0.130. The fourth-order valence-corrected chi connectivity index (χ4v) is 5.24. The number of benzene rings is 2. The lowest BCUT2D eigenvalue weighted by molar-refractivity contribution is -0.128. The lowest BCUT2D eigenvalue weighted by Crippen LogP contribution is -2.56. The normalized spacial score (nSPS) is 24.3. The molecular formula is C27H35N3O4. The first kappa shape index (κ1) is 24.5. The number of nitrogens with one attached hydrogen (secondary N) is 2. The number of carbonyl (C=O) groups excluding carboxylic acids is 2. The monoisotopic (exact) mass is 465 g/mol. The van der Waals surface area contributed by atoms with Crippen molar-refractivity contribution in [2.24, 2.45) is 5.92 Å². The predicted octanol–water partition coefficient (Wildman–Crippen LogP) is 1.23. The maximum Gasteiger partial charge on any atom is 0.224 e. The summed E-state index contributed by atoms with van der Waals surface area (Å²) in [7, 11) is 0. The molecule has 0 spiro atoms. The fraction of sp³-hybridized carbons (Fsp3) is 0.481. The van der Waals surface area contributed by atoms with Crippen molar-refractivity contribution in [3.05, 3.63) is 71.3 Å². The van der Waals surface area contributed by atoms with Crippen LogP contribution in [0.5, 0.6) is 0 Å². The molecule has 0 radical (unpaired) electrons. The number of hydrogen-bond acceptors (Lipinski definition) is 6. The van der Waals surface area contributed by atoms with E-state index in [1.807, 2.05) is 59.5 Å². The van der Waals surface area contributed by atoms with Crippen molar-refractivity contribution in [1.29, 1.82) is 0 Å². The van der Waals surface area contributed by atoms with Crippen molar-refractivity contribution in [3.63, 3.8) is 0 Å². The molecule has 4 N–H and O–H groups in total. The summed E-state index contributed by atoms with van der Waals surface area (Å²) in [5, 5.41) is 27.9. The Labute approximate surface area is 201 Å². The lowest BCUT2D eigenvalue weighted by atomic mass is 9.91. The Hall–Kier alpha value is -2.58. The molecule has 1 aliphatic carbocycles. The highest BCUT2D eigenvalue weighted by atomic mass is 16.3. The molecule has 0 aromatic heterocycles. The number of fused-ring (bicyclic) bond motifs is 1.